The van der Waals surface area contributed by atoms with Gasteiger partial charge in [0.15, 0.2) is 0 Å². The third-order valence-electron chi connectivity index (χ3n) is 3.52. The summed E-state index contributed by atoms with van der Waals surface area (Å²) in [6.45, 7) is 1.90. The fourth-order valence-corrected chi connectivity index (χ4v) is 2.30. The summed E-state index contributed by atoms with van der Waals surface area (Å²) in [5, 5.41) is 5.99. The lowest BCUT2D eigenvalue weighted by Gasteiger charge is -2.08. The number of carbonyl (C=O) groups excluding carboxylic acids is 1. The second-order valence-corrected chi connectivity index (χ2v) is 5.60. The van der Waals surface area contributed by atoms with E-state index in [-0.39, 0.29) is 18.1 Å². The second kappa shape index (κ2) is 7.53. The van der Waals surface area contributed by atoms with Crippen molar-refractivity contribution >= 4 is 23.1 Å². The van der Waals surface area contributed by atoms with Gasteiger partial charge in [0, 0.05) is 23.1 Å². The summed E-state index contributed by atoms with van der Waals surface area (Å²) in [5.41, 5.74) is 3.18. The maximum Gasteiger partial charge on any atom is 0.228 e. The summed E-state index contributed by atoms with van der Waals surface area (Å²) in [6, 6.07) is 15.1. The topological polar surface area (TPSA) is 66.9 Å². The number of nitrogens with one attached hydrogen (secondary N) is 2. The van der Waals surface area contributed by atoms with Crippen LogP contribution in [-0.4, -0.2) is 15.9 Å². The molecule has 1 aromatic heterocycles. The lowest BCUT2D eigenvalue weighted by atomic mass is 10.1. The SMILES string of the molecule is Cc1cc(Nc2ccc(NC(=O)Cc3ccc(F)cc3)cc2)ncn1. The fourth-order valence-electron chi connectivity index (χ4n) is 2.30. The Bertz CT molecular complexity index is 863. The standard InChI is InChI=1S/C19H17FN4O/c1-13-10-18(22-12-21-13)23-16-6-8-17(9-7-16)24-19(25)11-14-2-4-15(20)5-3-14/h2-10,12H,11H2,1H3,(H,24,25)(H,21,22,23). The molecule has 0 aliphatic rings. The number of amides is 1. The molecule has 0 aliphatic carbocycles. The number of anilines is 3. The van der Waals surface area contributed by atoms with E-state index in [1.165, 1.54) is 18.5 Å². The van der Waals surface area contributed by atoms with E-state index in [2.05, 4.69) is 20.6 Å². The quantitative estimate of drug-likeness (QED) is 0.743. The minimum absolute atomic E-state index is 0.154. The van der Waals surface area contributed by atoms with Gasteiger partial charge in [0.2, 0.25) is 5.91 Å². The van der Waals surface area contributed by atoms with Crippen molar-refractivity contribution in [2.24, 2.45) is 0 Å². The number of hydrogen-bond donors (Lipinski definition) is 2. The van der Waals surface area contributed by atoms with Crippen LogP contribution in [0.3, 0.4) is 0 Å². The molecule has 3 rings (SSSR count). The molecule has 0 bridgehead atoms. The van der Waals surface area contributed by atoms with Crippen molar-refractivity contribution in [1.82, 2.24) is 9.97 Å². The van der Waals surface area contributed by atoms with Crippen LogP contribution in [0.5, 0.6) is 0 Å². The lowest BCUT2D eigenvalue weighted by molar-refractivity contribution is -0.115. The summed E-state index contributed by atoms with van der Waals surface area (Å²) >= 11 is 0. The van der Waals surface area contributed by atoms with E-state index in [0.29, 0.717) is 11.5 Å². The normalized spacial score (nSPS) is 10.3. The predicted octanol–water partition coefficient (Wildman–Crippen LogP) is 3.85. The molecule has 1 heterocycles. The van der Waals surface area contributed by atoms with Crippen molar-refractivity contribution in [3.63, 3.8) is 0 Å². The average molecular weight is 336 g/mol. The van der Waals surface area contributed by atoms with E-state index in [1.807, 2.05) is 25.1 Å². The Morgan fingerprint density at radius 3 is 2.36 bits per heavy atom. The molecule has 0 atom stereocenters. The highest BCUT2D eigenvalue weighted by molar-refractivity contribution is 5.92. The van der Waals surface area contributed by atoms with E-state index in [0.717, 1.165) is 16.9 Å². The Hall–Kier alpha value is -3.28. The average Bonchev–Trinajstić information content (AvgIpc) is 2.59. The van der Waals surface area contributed by atoms with E-state index >= 15 is 0 Å². The van der Waals surface area contributed by atoms with Gasteiger partial charge in [-0.2, -0.15) is 0 Å². The van der Waals surface area contributed by atoms with Gasteiger partial charge in [0.25, 0.3) is 0 Å². The van der Waals surface area contributed by atoms with Crippen LogP contribution in [0.2, 0.25) is 0 Å². The van der Waals surface area contributed by atoms with E-state index in [1.54, 1.807) is 24.3 Å². The monoisotopic (exact) mass is 336 g/mol. The summed E-state index contributed by atoms with van der Waals surface area (Å²) in [4.78, 5) is 20.2. The van der Waals surface area contributed by atoms with Gasteiger partial charge < -0.3 is 10.6 Å². The van der Waals surface area contributed by atoms with Gasteiger partial charge in [-0.05, 0) is 48.9 Å². The van der Waals surface area contributed by atoms with Crippen molar-refractivity contribution in [3.8, 4) is 0 Å². The summed E-state index contributed by atoms with van der Waals surface area (Å²) in [7, 11) is 0. The molecule has 126 valence electrons. The maximum absolute atomic E-state index is 12.9. The highest BCUT2D eigenvalue weighted by Crippen LogP contribution is 2.18. The fraction of sp³-hybridized carbons (Fsp3) is 0.105. The van der Waals surface area contributed by atoms with Gasteiger partial charge in [0.1, 0.15) is 18.0 Å². The first-order chi connectivity index (χ1) is 12.1. The molecule has 2 N–H and O–H groups in total. The largest absolute Gasteiger partial charge is 0.340 e. The van der Waals surface area contributed by atoms with Crippen molar-refractivity contribution in [2.45, 2.75) is 13.3 Å². The Balaban J connectivity index is 1.58. The summed E-state index contributed by atoms with van der Waals surface area (Å²) in [6.07, 6.45) is 1.70. The van der Waals surface area contributed by atoms with Crippen molar-refractivity contribution in [3.05, 3.63) is 78.0 Å². The predicted molar refractivity (Wildman–Crippen MR) is 95.2 cm³/mol. The van der Waals surface area contributed by atoms with Crippen LogP contribution < -0.4 is 10.6 Å². The first kappa shape index (κ1) is 16.6. The Kier molecular flexibility index (Phi) is 4.99. The first-order valence-corrected chi connectivity index (χ1v) is 7.78. The van der Waals surface area contributed by atoms with E-state index < -0.39 is 0 Å². The molecule has 25 heavy (non-hydrogen) atoms. The van der Waals surface area contributed by atoms with Gasteiger partial charge in [0.05, 0.1) is 6.42 Å². The Morgan fingerprint density at radius 1 is 1.00 bits per heavy atom. The Morgan fingerprint density at radius 2 is 1.68 bits per heavy atom. The lowest BCUT2D eigenvalue weighted by Crippen LogP contribution is -2.14. The van der Waals surface area contributed by atoms with Crippen LogP contribution >= 0.6 is 0 Å². The number of aryl methyl sites for hydroxylation is 1. The van der Waals surface area contributed by atoms with Gasteiger partial charge >= 0.3 is 0 Å². The zero-order valence-electron chi connectivity index (χ0n) is 13.7. The number of rotatable bonds is 5. The minimum atomic E-state index is -0.314. The molecular weight excluding hydrogens is 319 g/mol. The number of carbonyl (C=O) groups is 1. The molecule has 0 saturated carbocycles. The number of hydrogen-bond acceptors (Lipinski definition) is 4. The highest BCUT2D eigenvalue weighted by atomic mass is 19.1. The van der Waals surface area contributed by atoms with Crippen molar-refractivity contribution in [2.75, 3.05) is 10.6 Å². The number of halogens is 1. The van der Waals surface area contributed by atoms with Crippen LogP contribution in [0.4, 0.5) is 21.6 Å². The van der Waals surface area contributed by atoms with Gasteiger partial charge in [-0.1, -0.05) is 12.1 Å². The Labute approximate surface area is 145 Å². The van der Waals surface area contributed by atoms with Gasteiger partial charge in [-0.25, -0.2) is 14.4 Å². The summed E-state index contributed by atoms with van der Waals surface area (Å²) in [5.74, 6) is 0.241. The van der Waals surface area contributed by atoms with Crippen LogP contribution in [0.15, 0.2) is 60.9 Å². The van der Waals surface area contributed by atoms with E-state index in [9.17, 15) is 9.18 Å². The minimum Gasteiger partial charge on any atom is -0.340 e. The molecule has 0 spiro atoms. The zero-order chi connectivity index (χ0) is 17.6. The van der Waals surface area contributed by atoms with Crippen molar-refractivity contribution in [1.29, 1.82) is 0 Å². The number of nitrogens with zero attached hydrogens (tertiary/aromatic N) is 2. The molecule has 0 saturated heterocycles. The van der Waals surface area contributed by atoms with Crippen LogP contribution in [0.1, 0.15) is 11.3 Å². The molecule has 0 aliphatic heterocycles. The van der Waals surface area contributed by atoms with Crippen LogP contribution in [-0.2, 0) is 11.2 Å². The van der Waals surface area contributed by atoms with E-state index in [4.69, 9.17) is 0 Å². The maximum atomic E-state index is 12.9. The molecule has 5 nitrogen and oxygen atoms in total. The number of aromatic nitrogens is 2. The second-order valence-electron chi connectivity index (χ2n) is 5.60. The first-order valence-electron chi connectivity index (χ1n) is 7.78. The van der Waals surface area contributed by atoms with Crippen LogP contribution in [0.25, 0.3) is 0 Å². The van der Waals surface area contributed by atoms with Crippen LogP contribution in [0, 0.1) is 12.7 Å². The molecule has 1 amide bonds. The third kappa shape index (κ3) is 4.84. The molecule has 0 radical (unpaired) electrons. The van der Waals surface area contributed by atoms with Gasteiger partial charge in [-0.15, -0.1) is 0 Å². The summed E-state index contributed by atoms with van der Waals surface area (Å²) < 4.78 is 12.9. The third-order valence-corrected chi connectivity index (χ3v) is 3.52. The van der Waals surface area contributed by atoms with Crippen molar-refractivity contribution < 1.29 is 9.18 Å². The van der Waals surface area contributed by atoms with Gasteiger partial charge in [-0.3, -0.25) is 4.79 Å². The molecule has 0 unspecified atom stereocenters. The zero-order valence-corrected chi connectivity index (χ0v) is 13.7. The number of benzene rings is 2. The highest BCUT2D eigenvalue weighted by Gasteiger charge is 2.05. The molecule has 0 fully saturated rings. The molecule has 2 aromatic carbocycles. The molecule has 6 heteroatoms. The molecule has 3 aromatic rings. The molecular formula is C19H17FN4O. The smallest absolute Gasteiger partial charge is 0.228 e.